The van der Waals surface area contributed by atoms with Crippen molar-refractivity contribution >= 4 is 17.9 Å². The molecule has 2 aliphatic rings. The first kappa shape index (κ1) is 86.4. The van der Waals surface area contributed by atoms with Crippen molar-refractivity contribution < 1.29 is 23.9 Å². The average Bonchev–Trinajstić information content (AvgIpc) is 1.62. The Bertz CT molecular complexity index is 1700. The third-order valence-corrected chi connectivity index (χ3v) is 23.2. The van der Waals surface area contributed by atoms with Crippen LogP contribution in [0.4, 0.5) is 0 Å². The number of rotatable bonds is 71. The van der Waals surface area contributed by atoms with Gasteiger partial charge in [-0.1, -0.05) is 428 Å². The van der Waals surface area contributed by atoms with E-state index in [0.717, 1.165) is 96.3 Å². The molecular weight excluding hydrogens is 1120 g/mol. The Kier molecular flexibility index (Phi) is 55.8. The second-order valence-electron chi connectivity index (χ2n) is 32.3. The molecule has 2 fully saturated rings. The Balaban J connectivity index is 1.91. The van der Waals surface area contributed by atoms with Crippen molar-refractivity contribution in [2.75, 3.05) is 0 Å². The highest BCUT2D eigenvalue weighted by atomic mass is 16.6. The molecule has 0 aromatic rings. The van der Waals surface area contributed by atoms with E-state index in [1.807, 2.05) is 0 Å². The van der Waals surface area contributed by atoms with Gasteiger partial charge >= 0.3 is 17.9 Å². The minimum Gasteiger partial charge on any atom is -0.431 e. The molecule has 2 saturated heterocycles. The molecule has 0 saturated carbocycles. The summed E-state index contributed by atoms with van der Waals surface area (Å²) in [6.07, 6.45) is 86.4. The number of carbonyl (C=O) groups is 3. The van der Waals surface area contributed by atoms with E-state index in [1.54, 1.807) is 0 Å². The van der Waals surface area contributed by atoms with Crippen LogP contribution in [-0.4, -0.2) is 17.9 Å². The van der Waals surface area contributed by atoms with Gasteiger partial charge in [0.2, 0.25) is 0 Å². The highest BCUT2D eigenvalue weighted by Crippen LogP contribution is 2.51. The Morgan fingerprint density at radius 2 is 0.554 bits per heavy atom. The van der Waals surface area contributed by atoms with Crippen LogP contribution in [0.1, 0.15) is 479 Å². The number of carbonyl (C=O) groups excluding carboxylic acids is 3. The number of hydrogen-bond donors (Lipinski definition) is 0. The second-order valence-corrected chi connectivity index (χ2v) is 32.3. The maximum Gasteiger partial charge on any atom is 0.317 e. The van der Waals surface area contributed by atoms with Crippen molar-refractivity contribution in [1.82, 2.24) is 0 Å². The molecular formula is C87H164O5. The molecule has 5 nitrogen and oxygen atoms in total. The Hall–Kier alpha value is -1.65. The van der Waals surface area contributed by atoms with E-state index in [4.69, 9.17) is 9.47 Å². The van der Waals surface area contributed by atoms with Crippen molar-refractivity contribution in [1.29, 1.82) is 0 Å². The van der Waals surface area contributed by atoms with E-state index < -0.39 is 11.8 Å². The molecule has 2 aliphatic heterocycles. The summed E-state index contributed by atoms with van der Waals surface area (Å²) < 4.78 is 11.9. The topological polar surface area (TPSA) is 69.7 Å². The van der Waals surface area contributed by atoms with Gasteiger partial charge in [0.1, 0.15) is 5.76 Å². The summed E-state index contributed by atoms with van der Waals surface area (Å²) in [5.74, 6) is -1.47. The predicted octanol–water partition coefficient (Wildman–Crippen LogP) is 29.7. The summed E-state index contributed by atoms with van der Waals surface area (Å²) in [6.45, 7) is 23.1. The molecule has 2 heterocycles. The molecule has 0 aromatic carbocycles. The van der Waals surface area contributed by atoms with Crippen LogP contribution in [0.25, 0.3) is 0 Å². The van der Waals surface area contributed by atoms with Crippen LogP contribution in [0.5, 0.6) is 0 Å². The largest absolute Gasteiger partial charge is 0.431 e. The number of unbranched alkanes of at least 4 members (excludes halogenated alkanes) is 51. The smallest absolute Gasteiger partial charge is 0.317 e. The maximum atomic E-state index is 14.4. The fraction of sp³-hybridized carbons (Fsp3) is 0.943. The van der Waals surface area contributed by atoms with Gasteiger partial charge in [-0.25, -0.2) is 0 Å². The first-order chi connectivity index (χ1) is 44.9. The van der Waals surface area contributed by atoms with Gasteiger partial charge in [0.05, 0.1) is 17.8 Å². The fourth-order valence-electron chi connectivity index (χ4n) is 17.6. The Morgan fingerprint density at radius 3 is 0.859 bits per heavy atom. The van der Waals surface area contributed by atoms with Gasteiger partial charge < -0.3 is 9.47 Å². The van der Waals surface area contributed by atoms with Crippen molar-refractivity contribution in [3.63, 3.8) is 0 Å². The van der Waals surface area contributed by atoms with Crippen molar-refractivity contribution in [2.24, 2.45) is 46.3 Å². The first-order valence-corrected chi connectivity index (χ1v) is 42.6. The highest BCUT2D eigenvalue weighted by Gasteiger charge is 2.53. The molecule has 2 rings (SSSR count). The molecule has 5 heteroatoms. The molecule has 7 unspecified atom stereocenters. The summed E-state index contributed by atoms with van der Waals surface area (Å²) in [6, 6.07) is 0. The van der Waals surface area contributed by atoms with Crippen LogP contribution in [0.3, 0.4) is 0 Å². The molecule has 0 aliphatic carbocycles. The lowest BCUT2D eigenvalue weighted by Gasteiger charge is -2.37. The van der Waals surface area contributed by atoms with Crippen molar-refractivity contribution in [3.8, 4) is 0 Å². The molecule has 0 aromatic heterocycles. The van der Waals surface area contributed by atoms with Crippen LogP contribution in [0.15, 0.2) is 12.3 Å². The quantitative estimate of drug-likeness (QED) is 0.0345. The van der Waals surface area contributed by atoms with E-state index >= 15 is 0 Å². The van der Waals surface area contributed by atoms with Gasteiger partial charge in [-0.3, -0.25) is 14.4 Å². The van der Waals surface area contributed by atoms with E-state index in [9.17, 15) is 14.4 Å². The zero-order valence-corrected chi connectivity index (χ0v) is 63.9. The average molecular weight is 1290 g/mol. The minimum absolute atomic E-state index is 0.0545. The van der Waals surface area contributed by atoms with Gasteiger partial charge in [-0.15, -0.1) is 0 Å². The monoisotopic (exact) mass is 1290 g/mol. The van der Waals surface area contributed by atoms with Crippen molar-refractivity contribution in [2.45, 2.75) is 479 Å². The minimum atomic E-state index is -0.511. The summed E-state index contributed by atoms with van der Waals surface area (Å²) in [5.41, 5.74) is 0.200. The van der Waals surface area contributed by atoms with Gasteiger partial charge in [0.15, 0.2) is 0 Å². The number of hydrogen-bond acceptors (Lipinski definition) is 5. The highest BCUT2D eigenvalue weighted by molar-refractivity contribution is 5.96. The number of esters is 3. The normalized spacial score (nSPS) is 18.3. The van der Waals surface area contributed by atoms with Gasteiger partial charge in [-0.2, -0.15) is 0 Å². The molecule has 0 bridgehead atoms. The summed E-state index contributed by atoms with van der Waals surface area (Å²) >= 11 is 0. The van der Waals surface area contributed by atoms with Crippen molar-refractivity contribution in [3.05, 3.63) is 12.3 Å². The molecule has 0 amide bonds. The third-order valence-electron chi connectivity index (χ3n) is 23.2. The summed E-state index contributed by atoms with van der Waals surface area (Å²) in [5, 5.41) is 0. The first-order valence-electron chi connectivity index (χ1n) is 42.6. The number of allylic oxidation sites excluding steroid dienone is 1. The lowest BCUT2D eigenvalue weighted by atomic mass is 9.64. The zero-order chi connectivity index (χ0) is 66.9. The molecule has 542 valence electrons. The predicted molar refractivity (Wildman–Crippen MR) is 402 cm³/mol. The Morgan fingerprint density at radius 1 is 0.293 bits per heavy atom. The molecule has 7 atom stereocenters. The van der Waals surface area contributed by atoms with E-state index in [0.29, 0.717) is 12.2 Å². The van der Waals surface area contributed by atoms with E-state index in [-0.39, 0.29) is 52.4 Å². The maximum absolute atomic E-state index is 14.4. The molecule has 0 N–H and O–H groups in total. The van der Waals surface area contributed by atoms with E-state index in [2.05, 4.69) is 62.0 Å². The molecule has 0 radical (unpaired) electrons. The van der Waals surface area contributed by atoms with E-state index in [1.165, 1.54) is 321 Å². The SMILES string of the molecule is C=C1OC(=O)C(C(CCCCCCCCCCCCCCCCCCCCCCCCCCCC)CC2C(=O)OC(=O)C2C(CCCCCCCCCCCCCCCCCCCCCCCCCCCC)CC(C)(CCC)CCCC)C1CC(C)(CCC)CCC. The summed E-state index contributed by atoms with van der Waals surface area (Å²) in [4.78, 5) is 43.1. The lowest BCUT2D eigenvalue weighted by Crippen LogP contribution is -2.35. The van der Waals surface area contributed by atoms with Crippen LogP contribution >= 0.6 is 0 Å². The van der Waals surface area contributed by atoms with Gasteiger partial charge in [0.25, 0.3) is 0 Å². The van der Waals surface area contributed by atoms with Crippen LogP contribution < -0.4 is 0 Å². The second kappa shape index (κ2) is 59.4. The Labute approximate surface area is 576 Å². The van der Waals surface area contributed by atoms with Crippen LogP contribution in [-0.2, 0) is 23.9 Å². The summed E-state index contributed by atoms with van der Waals surface area (Å²) in [7, 11) is 0. The third kappa shape index (κ3) is 42.9. The van der Waals surface area contributed by atoms with Crippen LogP contribution in [0.2, 0.25) is 0 Å². The molecule has 92 heavy (non-hydrogen) atoms. The number of ether oxygens (including phenoxy) is 2. The number of cyclic esters (lactones) is 3. The van der Waals surface area contributed by atoms with Gasteiger partial charge in [0, 0.05) is 5.92 Å². The fourth-order valence-corrected chi connectivity index (χ4v) is 17.6. The van der Waals surface area contributed by atoms with Crippen LogP contribution in [0, 0.1) is 46.3 Å². The molecule has 0 spiro atoms. The lowest BCUT2D eigenvalue weighted by molar-refractivity contribution is -0.154. The zero-order valence-electron chi connectivity index (χ0n) is 63.9. The van der Waals surface area contributed by atoms with Gasteiger partial charge in [-0.05, 0) is 80.5 Å². The standard InChI is InChI=1S/C87H164O5/c1-10-16-19-21-23-25-27-29-31-33-35-37-39-41-43-45-47-49-51-53-55-57-59-61-63-65-67-77(81-80(76(7)91-84(81)89)75-86(8,69-13-4)70-14-5)73-79-82(85(90)92-83(79)88)78(74-87(9,71-15-6)72-18-12-3)68-66-64-62-60-58-56-54-52-50-48-46-44-42-40-38-36-34-32-30-28-26-24-22-20-17-11-2/h77-82H,7,10-75H2,1-6,8-9H3.